The minimum atomic E-state index is -1.05. The number of ether oxygens (including phenoxy) is 1. The molecule has 40 heavy (non-hydrogen) atoms. The maximum atomic E-state index is 13.0. The van der Waals surface area contributed by atoms with E-state index in [0.717, 1.165) is 4.90 Å². The summed E-state index contributed by atoms with van der Waals surface area (Å²) in [6.07, 6.45) is 0.109. The van der Waals surface area contributed by atoms with Gasteiger partial charge in [-0.3, -0.25) is 34.2 Å². The van der Waals surface area contributed by atoms with Gasteiger partial charge in [-0.2, -0.15) is 0 Å². The summed E-state index contributed by atoms with van der Waals surface area (Å²) in [5, 5.41) is 7.62. The van der Waals surface area contributed by atoms with Crippen molar-refractivity contribution < 1.29 is 33.5 Å². The van der Waals surface area contributed by atoms with E-state index in [2.05, 4.69) is 16.0 Å². The fourth-order valence-corrected chi connectivity index (χ4v) is 4.90. The zero-order valence-corrected chi connectivity index (χ0v) is 22.3. The first kappa shape index (κ1) is 26.9. The second-order valence-corrected chi connectivity index (χ2v) is 10.9. The van der Waals surface area contributed by atoms with Crippen LogP contribution < -0.4 is 25.6 Å². The van der Waals surface area contributed by atoms with Crippen molar-refractivity contribution >= 4 is 46.9 Å². The summed E-state index contributed by atoms with van der Waals surface area (Å²) in [6.45, 7) is 6.36. The Hall–Kier alpha value is -4.74. The van der Waals surface area contributed by atoms with Crippen molar-refractivity contribution in [3.05, 3.63) is 53.1 Å². The van der Waals surface area contributed by atoms with Crippen molar-refractivity contribution in [3.8, 4) is 5.75 Å². The van der Waals surface area contributed by atoms with Gasteiger partial charge in [-0.25, -0.2) is 4.79 Å². The molecule has 0 spiro atoms. The minimum Gasteiger partial charge on any atom is -0.490 e. The number of urea groups is 1. The summed E-state index contributed by atoms with van der Waals surface area (Å²) in [7, 11) is 0. The Morgan fingerprint density at radius 2 is 1.77 bits per heavy atom. The summed E-state index contributed by atoms with van der Waals surface area (Å²) in [6, 6.07) is 8.10. The number of piperidine rings is 1. The molecule has 1 atom stereocenters. The van der Waals surface area contributed by atoms with Gasteiger partial charge in [0.05, 0.1) is 23.4 Å². The lowest BCUT2D eigenvalue weighted by Crippen LogP contribution is -2.54. The lowest BCUT2D eigenvalue weighted by atomic mass is 9.94. The number of benzene rings is 2. The van der Waals surface area contributed by atoms with E-state index in [1.807, 2.05) is 20.8 Å². The molecule has 5 rings (SSSR count). The Kier molecular flexibility index (Phi) is 6.78. The van der Waals surface area contributed by atoms with Crippen LogP contribution in [-0.4, -0.2) is 59.7 Å². The van der Waals surface area contributed by atoms with Crippen molar-refractivity contribution in [2.24, 2.45) is 5.41 Å². The van der Waals surface area contributed by atoms with Crippen molar-refractivity contribution in [2.45, 2.75) is 46.2 Å². The van der Waals surface area contributed by atoms with Gasteiger partial charge in [0.2, 0.25) is 17.7 Å². The molecule has 3 N–H and O–H groups in total. The van der Waals surface area contributed by atoms with Crippen molar-refractivity contribution in [2.75, 3.05) is 23.4 Å². The molecule has 0 bridgehead atoms. The number of hydrogen-bond acceptors (Lipinski definition) is 7. The second kappa shape index (κ2) is 10.1. The molecule has 1 unspecified atom stereocenters. The highest BCUT2D eigenvalue weighted by atomic mass is 16.5. The highest BCUT2D eigenvalue weighted by Crippen LogP contribution is 2.36. The second-order valence-electron chi connectivity index (χ2n) is 10.9. The van der Waals surface area contributed by atoms with Crippen LogP contribution in [0.4, 0.5) is 16.2 Å². The molecule has 1 saturated heterocycles. The number of fused-ring (bicyclic) bond motifs is 2. The first-order valence-corrected chi connectivity index (χ1v) is 12.9. The summed E-state index contributed by atoms with van der Waals surface area (Å²) in [5.74, 6) is -1.83. The molecule has 3 aliphatic rings. The number of carbonyl (C=O) groups excluding carboxylic acids is 6. The maximum absolute atomic E-state index is 13.0. The van der Waals surface area contributed by atoms with E-state index in [1.165, 1.54) is 12.1 Å². The molecular formula is C28H29N5O7. The van der Waals surface area contributed by atoms with Gasteiger partial charge in [-0.05, 0) is 42.3 Å². The third kappa shape index (κ3) is 4.99. The minimum absolute atomic E-state index is 0.0380. The molecule has 2 aromatic carbocycles. The Labute approximate surface area is 230 Å². The quantitative estimate of drug-likeness (QED) is 0.496. The predicted molar refractivity (Wildman–Crippen MR) is 143 cm³/mol. The Morgan fingerprint density at radius 3 is 2.50 bits per heavy atom. The molecule has 0 aliphatic carbocycles. The average molecular weight is 548 g/mol. The fourth-order valence-electron chi connectivity index (χ4n) is 4.90. The number of imide groups is 2. The molecular weight excluding hydrogens is 518 g/mol. The molecule has 1 fully saturated rings. The summed E-state index contributed by atoms with van der Waals surface area (Å²) in [5.41, 5.74) is 1.31. The molecule has 7 amide bonds. The first-order valence-electron chi connectivity index (χ1n) is 12.9. The molecule has 0 radical (unpaired) electrons. The molecule has 2 aromatic rings. The lowest BCUT2D eigenvalue weighted by Gasteiger charge is -2.34. The average Bonchev–Trinajstić information content (AvgIpc) is 3.15. The van der Waals surface area contributed by atoms with Crippen LogP contribution in [0.5, 0.6) is 5.75 Å². The number of hydrogen-bond donors (Lipinski definition) is 3. The van der Waals surface area contributed by atoms with Gasteiger partial charge in [0, 0.05) is 24.1 Å². The van der Waals surface area contributed by atoms with Crippen LogP contribution in [0.3, 0.4) is 0 Å². The Bertz CT molecular complexity index is 1460. The third-order valence-electron chi connectivity index (χ3n) is 6.92. The largest absolute Gasteiger partial charge is 0.490 e. The van der Waals surface area contributed by atoms with Crippen LogP contribution in [-0.2, 0) is 20.9 Å². The number of nitrogens with one attached hydrogen (secondary N) is 3. The third-order valence-corrected chi connectivity index (χ3v) is 6.92. The number of rotatable bonds is 4. The van der Waals surface area contributed by atoms with E-state index < -0.39 is 41.1 Å². The van der Waals surface area contributed by atoms with Crippen LogP contribution >= 0.6 is 0 Å². The van der Waals surface area contributed by atoms with Gasteiger partial charge >= 0.3 is 6.03 Å². The molecule has 3 aliphatic heterocycles. The van der Waals surface area contributed by atoms with Gasteiger partial charge in [0.25, 0.3) is 11.8 Å². The highest BCUT2D eigenvalue weighted by Gasteiger charge is 2.44. The van der Waals surface area contributed by atoms with Gasteiger partial charge < -0.3 is 20.3 Å². The van der Waals surface area contributed by atoms with E-state index in [0.29, 0.717) is 35.8 Å². The van der Waals surface area contributed by atoms with Crippen molar-refractivity contribution in [1.29, 1.82) is 0 Å². The molecule has 12 nitrogen and oxygen atoms in total. The lowest BCUT2D eigenvalue weighted by molar-refractivity contribution is -0.136. The van der Waals surface area contributed by atoms with Crippen LogP contribution in [0.1, 0.15) is 59.9 Å². The molecule has 208 valence electrons. The van der Waals surface area contributed by atoms with E-state index >= 15 is 0 Å². The van der Waals surface area contributed by atoms with Gasteiger partial charge in [-0.15, -0.1) is 0 Å². The summed E-state index contributed by atoms with van der Waals surface area (Å²) < 4.78 is 5.68. The number of carbonyl (C=O) groups is 6. The maximum Gasteiger partial charge on any atom is 0.319 e. The predicted octanol–water partition coefficient (Wildman–Crippen LogP) is 2.18. The molecule has 3 heterocycles. The van der Waals surface area contributed by atoms with Crippen molar-refractivity contribution in [3.63, 3.8) is 0 Å². The van der Waals surface area contributed by atoms with Gasteiger partial charge in [-0.1, -0.05) is 26.8 Å². The van der Waals surface area contributed by atoms with Crippen LogP contribution in [0.25, 0.3) is 0 Å². The Morgan fingerprint density at radius 1 is 1.02 bits per heavy atom. The molecule has 0 aromatic heterocycles. The standard InChI is InChI=1S/C28H29N5O7/c1-28(2,3)26(38)32-10-11-40-21-8-5-16(13-20(21)32)30-27(39)29-14-15-4-6-17-18(12-15)25(37)33(24(17)36)19-7-9-22(34)31-23(19)35/h4-6,8,12-13,19H,7,9-11,14H2,1-3H3,(H2,29,30,39)(H,31,34,35). The fraction of sp³-hybridized carbons (Fsp3) is 0.357. The van der Waals surface area contributed by atoms with E-state index in [1.54, 1.807) is 29.2 Å². The zero-order chi connectivity index (χ0) is 28.8. The van der Waals surface area contributed by atoms with Gasteiger partial charge in [0.1, 0.15) is 18.4 Å². The van der Waals surface area contributed by atoms with Gasteiger partial charge in [0.15, 0.2) is 0 Å². The Balaban J connectivity index is 1.24. The number of nitrogens with zero attached hydrogens (tertiary/aromatic N) is 2. The SMILES string of the molecule is CC(C)(C)C(=O)N1CCOc2ccc(NC(=O)NCc3ccc4c(c3)C(=O)N(C3CCC(=O)NC3=O)C4=O)cc21. The normalized spacial score (nSPS) is 18.5. The van der Waals surface area contributed by atoms with Crippen LogP contribution in [0.15, 0.2) is 36.4 Å². The zero-order valence-electron chi connectivity index (χ0n) is 22.3. The number of anilines is 2. The first-order chi connectivity index (χ1) is 18.9. The smallest absolute Gasteiger partial charge is 0.319 e. The summed E-state index contributed by atoms with van der Waals surface area (Å²) >= 11 is 0. The van der Waals surface area contributed by atoms with E-state index in [9.17, 15) is 28.8 Å². The number of amides is 7. The van der Waals surface area contributed by atoms with Crippen LogP contribution in [0.2, 0.25) is 0 Å². The van der Waals surface area contributed by atoms with E-state index in [4.69, 9.17) is 4.74 Å². The molecule has 12 heteroatoms. The van der Waals surface area contributed by atoms with E-state index in [-0.39, 0.29) is 36.4 Å². The molecule has 0 saturated carbocycles. The highest BCUT2D eigenvalue weighted by molar-refractivity contribution is 6.23. The summed E-state index contributed by atoms with van der Waals surface area (Å²) in [4.78, 5) is 77.7. The van der Waals surface area contributed by atoms with Crippen LogP contribution in [0, 0.1) is 5.41 Å². The monoisotopic (exact) mass is 547 g/mol. The topological polar surface area (TPSA) is 154 Å². The van der Waals surface area contributed by atoms with Crippen molar-refractivity contribution in [1.82, 2.24) is 15.5 Å².